The van der Waals surface area contributed by atoms with Crippen LogP contribution in [0.2, 0.25) is 0 Å². The van der Waals surface area contributed by atoms with Crippen molar-refractivity contribution in [2.75, 3.05) is 44.2 Å². The van der Waals surface area contributed by atoms with Crippen LogP contribution in [0.4, 0.5) is 10.7 Å². The minimum atomic E-state index is -0.598. The maximum atomic E-state index is 12.7. The van der Waals surface area contributed by atoms with Crippen LogP contribution in [0.3, 0.4) is 0 Å². The lowest BCUT2D eigenvalue weighted by Gasteiger charge is -2.40. The number of H-pyrrole nitrogens is 1. The fourth-order valence-electron chi connectivity index (χ4n) is 5.58. The molecule has 3 fully saturated rings. The number of nitrogens with zero attached hydrogens (tertiary/aromatic N) is 7. The van der Waals surface area contributed by atoms with Crippen molar-refractivity contribution in [3.8, 4) is 11.9 Å². The fourth-order valence-corrected chi connectivity index (χ4v) is 5.58. The summed E-state index contributed by atoms with van der Waals surface area (Å²) in [5.41, 5.74) is 0.741. The molecular formula is C24H34N8O3. The first-order valence-corrected chi connectivity index (χ1v) is 12.5. The molecule has 2 aromatic rings. The number of rotatable bonds is 5. The Kier molecular flexibility index (Phi) is 6.17. The number of imidazole rings is 1. The normalized spacial score (nSPS) is 22.3. The van der Waals surface area contributed by atoms with E-state index in [-0.39, 0.29) is 18.0 Å². The molecule has 0 saturated carbocycles. The minimum Gasteiger partial charge on any atom is -0.474 e. The molecule has 5 heterocycles. The number of nitrogens with one attached hydrogen (secondary N) is 1. The number of fused-ring (bicyclic) bond motifs is 2. The van der Waals surface area contributed by atoms with Crippen molar-refractivity contribution in [3.05, 3.63) is 6.33 Å². The molecule has 1 amide bonds. The van der Waals surface area contributed by atoms with E-state index >= 15 is 0 Å². The first-order chi connectivity index (χ1) is 16.8. The Labute approximate surface area is 205 Å². The number of hydrogen-bond donors (Lipinski definition) is 1. The summed E-state index contributed by atoms with van der Waals surface area (Å²) in [6, 6.07) is 1.88. The third-order valence-electron chi connectivity index (χ3n) is 7.25. The Morgan fingerprint density at radius 1 is 1.23 bits per heavy atom. The number of amides is 1. The van der Waals surface area contributed by atoms with Crippen molar-refractivity contribution in [2.24, 2.45) is 0 Å². The molecular weight excluding hydrogens is 448 g/mol. The second-order valence-electron chi connectivity index (χ2n) is 10.8. The van der Waals surface area contributed by atoms with Gasteiger partial charge in [0.15, 0.2) is 5.65 Å². The number of aromatic amines is 1. The second-order valence-corrected chi connectivity index (χ2v) is 10.8. The van der Waals surface area contributed by atoms with Crippen molar-refractivity contribution in [1.29, 1.82) is 5.26 Å². The van der Waals surface area contributed by atoms with E-state index in [0.29, 0.717) is 49.2 Å². The summed E-state index contributed by atoms with van der Waals surface area (Å²) in [4.78, 5) is 35.8. The molecule has 0 unspecified atom stereocenters. The highest BCUT2D eigenvalue weighted by Crippen LogP contribution is 2.39. The largest absolute Gasteiger partial charge is 0.474 e. The van der Waals surface area contributed by atoms with Crippen LogP contribution in [-0.2, 0) is 4.74 Å². The summed E-state index contributed by atoms with van der Waals surface area (Å²) in [6.07, 6.45) is 6.12. The number of anilines is 1. The zero-order valence-electron chi connectivity index (χ0n) is 20.8. The van der Waals surface area contributed by atoms with Gasteiger partial charge in [-0.1, -0.05) is 0 Å². The highest BCUT2D eigenvalue weighted by molar-refractivity contribution is 5.77. The zero-order valence-corrected chi connectivity index (χ0v) is 20.8. The average molecular weight is 483 g/mol. The lowest BCUT2D eigenvalue weighted by Crippen LogP contribution is -2.56. The number of aromatic nitrogens is 4. The predicted octanol–water partition coefficient (Wildman–Crippen LogP) is 2.70. The highest BCUT2D eigenvalue weighted by Gasteiger charge is 2.45. The standard InChI is InChI=1S/C24H34N8O3/c1-23(2,3)35-22(33)32-13-12-30(14-17(32)6-9-25)21-28-19-18(26-16-27-19)20(29-21)34-15-24-7-4-10-31(24)11-5-8-24/h16-17H,4-8,10-15H2,1-3H3,(H,26,27,28,29)/t17-/m0/s1. The third kappa shape index (κ3) is 4.72. The van der Waals surface area contributed by atoms with Crippen LogP contribution in [0.1, 0.15) is 52.9 Å². The van der Waals surface area contributed by atoms with E-state index in [1.807, 2.05) is 25.7 Å². The summed E-state index contributed by atoms with van der Waals surface area (Å²) < 4.78 is 11.9. The first-order valence-electron chi connectivity index (χ1n) is 12.5. The number of carbonyl (C=O) groups is 1. The molecule has 35 heavy (non-hydrogen) atoms. The highest BCUT2D eigenvalue weighted by atomic mass is 16.6. The summed E-state index contributed by atoms with van der Waals surface area (Å²) in [5, 5.41) is 9.40. The van der Waals surface area contributed by atoms with E-state index in [1.165, 1.54) is 12.8 Å². The number of carbonyl (C=O) groups excluding carboxylic acids is 1. The molecule has 3 saturated heterocycles. The SMILES string of the molecule is CC(C)(C)OC(=O)N1CCN(c2nc(OCC34CCCN3CCC4)c3[nH]cnc3n2)C[C@@H]1CC#N. The van der Waals surface area contributed by atoms with E-state index in [0.717, 1.165) is 25.9 Å². The molecule has 1 atom stereocenters. The van der Waals surface area contributed by atoms with Crippen LogP contribution in [0.5, 0.6) is 5.88 Å². The van der Waals surface area contributed by atoms with Crippen molar-refractivity contribution in [1.82, 2.24) is 29.7 Å². The van der Waals surface area contributed by atoms with E-state index in [9.17, 15) is 10.1 Å². The molecule has 0 spiro atoms. The van der Waals surface area contributed by atoms with Gasteiger partial charge in [0, 0.05) is 19.6 Å². The van der Waals surface area contributed by atoms with Gasteiger partial charge in [0.1, 0.15) is 17.7 Å². The molecule has 11 nitrogen and oxygen atoms in total. The van der Waals surface area contributed by atoms with Crippen LogP contribution in [0.25, 0.3) is 11.2 Å². The summed E-state index contributed by atoms with van der Waals surface area (Å²) in [6.45, 7) is 9.76. The molecule has 1 N–H and O–H groups in total. The van der Waals surface area contributed by atoms with E-state index in [1.54, 1.807) is 11.2 Å². The number of piperazine rings is 1. The zero-order chi connectivity index (χ0) is 24.6. The molecule has 0 aliphatic carbocycles. The monoisotopic (exact) mass is 482 g/mol. The molecule has 0 bridgehead atoms. The van der Waals surface area contributed by atoms with Crippen molar-refractivity contribution >= 4 is 23.2 Å². The summed E-state index contributed by atoms with van der Waals surface area (Å²) in [5.74, 6) is 1.00. The van der Waals surface area contributed by atoms with Gasteiger partial charge >= 0.3 is 6.09 Å². The van der Waals surface area contributed by atoms with Gasteiger partial charge in [-0.3, -0.25) is 4.90 Å². The Balaban J connectivity index is 1.35. The molecule has 3 aliphatic heterocycles. The number of hydrogen-bond acceptors (Lipinski definition) is 9. The summed E-state index contributed by atoms with van der Waals surface area (Å²) >= 11 is 0. The lowest BCUT2D eigenvalue weighted by atomic mass is 9.95. The molecule has 5 rings (SSSR count). The summed E-state index contributed by atoms with van der Waals surface area (Å²) in [7, 11) is 0. The van der Waals surface area contributed by atoms with Crippen molar-refractivity contribution in [2.45, 2.75) is 70.1 Å². The van der Waals surface area contributed by atoms with Gasteiger partial charge in [0.25, 0.3) is 0 Å². The van der Waals surface area contributed by atoms with E-state index < -0.39 is 11.7 Å². The van der Waals surface area contributed by atoms with E-state index in [4.69, 9.17) is 14.5 Å². The number of nitriles is 1. The molecule has 0 aromatic carbocycles. The van der Waals surface area contributed by atoms with Crippen LogP contribution in [0.15, 0.2) is 6.33 Å². The smallest absolute Gasteiger partial charge is 0.410 e. The number of ether oxygens (including phenoxy) is 2. The topological polar surface area (TPSA) is 124 Å². The molecule has 2 aromatic heterocycles. The average Bonchev–Trinajstić information content (AvgIpc) is 3.52. The van der Waals surface area contributed by atoms with Gasteiger partial charge < -0.3 is 24.3 Å². The van der Waals surface area contributed by atoms with Crippen LogP contribution in [-0.4, -0.2) is 92.3 Å². The third-order valence-corrected chi connectivity index (χ3v) is 7.25. The Hall–Kier alpha value is -3.13. The van der Waals surface area contributed by atoms with Gasteiger partial charge in [-0.15, -0.1) is 0 Å². The van der Waals surface area contributed by atoms with Crippen molar-refractivity contribution in [3.63, 3.8) is 0 Å². The van der Waals surface area contributed by atoms with Crippen LogP contribution in [0, 0.1) is 11.3 Å². The quantitative estimate of drug-likeness (QED) is 0.685. The second kappa shape index (κ2) is 9.15. The Morgan fingerprint density at radius 2 is 2.00 bits per heavy atom. The molecule has 188 valence electrons. The fraction of sp³-hybridized carbons (Fsp3) is 0.708. The minimum absolute atomic E-state index is 0.106. The van der Waals surface area contributed by atoms with Crippen LogP contribution >= 0.6 is 0 Å². The van der Waals surface area contributed by atoms with Crippen molar-refractivity contribution < 1.29 is 14.3 Å². The lowest BCUT2D eigenvalue weighted by molar-refractivity contribution is 0.0144. The maximum Gasteiger partial charge on any atom is 0.410 e. The van der Waals surface area contributed by atoms with Gasteiger partial charge in [-0.05, 0) is 59.5 Å². The van der Waals surface area contributed by atoms with Gasteiger partial charge in [-0.25, -0.2) is 9.78 Å². The van der Waals surface area contributed by atoms with Crippen LogP contribution < -0.4 is 9.64 Å². The molecule has 3 aliphatic rings. The molecule has 11 heteroatoms. The molecule has 0 radical (unpaired) electrons. The first kappa shape index (κ1) is 23.6. The van der Waals surface area contributed by atoms with Gasteiger partial charge in [-0.2, -0.15) is 15.2 Å². The van der Waals surface area contributed by atoms with Gasteiger partial charge in [0.05, 0.1) is 30.4 Å². The predicted molar refractivity (Wildman–Crippen MR) is 129 cm³/mol. The Morgan fingerprint density at radius 3 is 2.71 bits per heavy atom. The van der Waals surface area contributed by atoms with Gasteiger partial charge in [0.2, 0.25) is 11.8 Å². The maximum absolute atomic E-state index is 12.7. The Bertz CT molecular complexity index is 1110. The van der Waals surface area contributed by atoms with E-state index in [2.05, 4.69) is 25.9 Å².